The lowest BCUT2D eigenvalue weighted by molar-refractivity contribution is 0.0590. The third-order valence-electron chi connectivity index (χ3n) is 2.75. The molecule has 0 N–H and O–H groups in total. The van der Waals surface area contributed by atoms with Gasteiger partial charge in [0.1, 0.15) is 21.4 Å². The summed E-state index contributed by atoms with van der Waals surface area (Å²) in [6, 6.07) is 1.34. The van der Waals surface area contributed by atoms with Gasteiger partial charge in [0.05, 0.1) is 11.9 Å². The van der Waals surface area contributed by atoms with Gasteiger partial charge in [0, 0.05) is 18.8 Å². The molecule has 2 aromatic heterocycles. The Hall–Kier alpha value is -2.28. The molecule has 0 bridgehead atoms. The van der Waals surface area contributed by atoms with Crippen LogP contribution in [-0.4, -0.2) is 28.7 Å². The van der Waals surface area contributed by atoms with Gasteiger partial charge in [-0.15, -0.1) is 0 Å². The predicted molar refractivity (Wildman–Crippen MR) is 90.0 cm³/mol. The molecule has 2 heterocycles. The minimum absolute atomic E-state index is 0.445. The zero-order chi connectivity index (χ0) is 17.2. The first-order valence-electron chi connectivity index (χ1n) is 6.92. The van der Waals surface area contributed by atoms with Gasteiger partial charge in [-0.3, -0.25) is 9.88 Å². The minimum Gasteiger partial charge on any atom is -0.443 e. The van der Waals surface area contributed by atoms with E-state index < -0.39 is 17.5 Å². The van der Waals surface area contributed by atoms with Gasteiger partial charge in [-0.2, -0.15) is 0 Å². The topological polar surface area (TPSA) is 55.3 Å². The van der Waals surface area contributed by atoms with Crippen LogP contribution in [-0.2, 0) is 4.74 Å². The summed E-state index contributed by atoms with van der Waals surface area (Å²) in [5, 5.41) is 1.13. The molecule has 0 aliphatic rings. The lowest BCUT2D eigenvalue weighted by Crippen LogP contribution is -2.34. The fourth-order valence-corrected chi connectivity index (χ4v) is 2.76. The van der Waals surface area contributed by atoms with Gasteiger partial charge in [-0.25, -0.2) is 14.2 Å². The first-order valence-corrected chi connectivity index (χ1v) is 7.74. The van der Waals surface area contributed by atoms with Crippen molar-refractivity contribution < 1.29 is 13.9 Å². The maximum atomic E-state index is 13.3. The molecular weight excluding hydrogens is 317 g/mol. The molecule has 0 spiro atoms. The number of halogens is 1. The summed E-state index contributed by atoms with van der Waals surface area (Å²) in [6.07, 6.45) is 3.70. The number of aromatic nitrogens is 2. The highest BCUT2D eigenvalue weighted by molar-refractivity contribution is 7.19. The Balaban J connectivity index is 2.36. The molecule has 7 heteroatoms. The third kappa shape index (κ3) is 4.13. The molecule has 2 rings (SSSR count). The van der Waals surface area contributed by atoms with Crippen LogP contribution in [0, 0.1) is 5.82 Å². The van der Waals surface area contributed by atoms with E-state index in [1.54, 1.807) is 33.9 Å². The molecule has 0 aliphatic carbocycles. The highest BCUT2D eigenvalue weighted by Gasteiger charge is 2.24. The summed E-state index contributed by atoms with van der Waals surface area (Å²) >= 11 is 1.24. The quantitative estimate of drug-likeness (QED) is 0.836. The number of anilines is 1. The molecule has 0 radical (unpaired) electrons. The second-order valence-electron chi connectivity index (χ2n) is 5.84. The number of pyridine rings is 1. The Morgan fingerprint density at radius 1 is 1.43 bits per heavy atom. The number of carbonyl (C=O) groups is 1. The van der Waals surface area contributed by atoms with Crippen molar-refractivity contribution in [2.75, 3.05) is 11.9 Å². The molecule has 122 valence electrons. The zero-order valence-electron chi connectivity index (χ0n) is 13.5. The van der Waals surface area contributed by atoms with Crippen LogP contribution in [0.5, 0.6) is 0 Å². The van der Waals surface area contributed by atoms with Crippen molar-refractivity contribution in [2.45, 2.75) is 26.4 Å². The van der Waals surface area contributed by atoms with Crippen molar-refractivity contribution in [1.29, 1.82) is 0 Å². The van der Waals surface area contributed by atoms with Gasteiger partial charge in [-0.1, -0.05) is 17.9 Å². The fourth-order valence-electron chi connectivity index (χ4n) is 1.76. The second-order valence-corrected chi connectivity index (χ2v) is 6.82. The second kappa shape index (κ2) is 6.45. The number of ether oxygens (including phenoxy) is 1. The average molecular weight is 335 g/mol. The van der Waals surface area contributed by atoms with Crippen LogP contribution in [0.25, 0.3) is 16.6 Å². The van der Waals surface area contributed by atoms with Gasteiger partial charge in [0.15, 0.2) is 0 Å². The highest BCUT2D eigenvalue weighted by Crippen LogP contribution is 2.35. The van der Waals surface area contributed by atoms with E-state index in [2.05, 4.69) is 16.5 Å². The monoisotopic (exact) mass is 335 g/mol. The summed E-state index contributed by atoms with van der Waals surface area (Å²) in [6.45, 7) is 9.09. The van der Waals surface area contributed by atoms with Crippen LogP contribution in [0.4, 0.5) is 14.2 Å². The molecule has 0 fully saturated rings. The molecule has 2 aromatic rings. The normalized spacial score (nSPS) is 11.2. The molecule has 23 heavy (non-hydrogen) atoms. The number of carbonyl (C=O) groups excluding carboxylic acids is 1. The lowest BCUT2D eigenvalue weighted by Gasteiger charge is -2.24. The molecule has 0 saturated carbocycles. The largest absolute Gasteiger partial charge is 0.443 e. The smallest absolute Gasteiger partial charge is 0.415 e. The van der Waals surface area contributed by atoms with E-state index in [0.717, 1.165) is 6.20 Å². The summed E-state index contributed by atoms with van der Waals surface area (Å²) < 4.78 is 18.7. The van der Waals surface area contributed by atoms with Crippen LogP contribution in [0.15, 0.2) is 25.0 Å². The van der Waals surface area contributed by atoms with Crippen molar-refractivity contribution in [3.63, 3.8) is 0 Å². The maximum Gasteiger partial charge on any atom is 0.415 e. The molecule has 0 saturated heterocycles. The molecule has 5 nitrogen and oxygen atoms in total. The lowest BCUT2D eigenvalue weighted by atomic mass is 10.2. The molecule has 0 aliphatic heterocycles. The van der Waals surface area contributed by atoms with E-state index in [0.29, 0.717) is 21.3 Å². The number of hydrogen-bond acceptors (Lipinski definition) is 5. The Morgan fingerprint density at radius 3 is 2.70 bits per heavy atom. The van der Waals surface area contributed by atoms with E-state index in [9.17, 15) is 9.18 Å². The average Bonchev–Trinajstić information content (AvgIpc) is 2.88. The van der Waals surface area contributed by atoms with Gasteiger partial charge in [-0.05, 0) is 32.9 Å². The third-order valence-corrected chi connectivity index (χ3v) is 3.95. The number of hydrogen-bond donors (Lipinski definition) is 0. The van der Waals surface area contributed by atoms with Crippen LogP contribution < -0.4 is 4.90 Å². The van der Waals surface area contributed by atoms with Crippen molar-refractivity contribution in [2.24, 2.45) is 0 Å². The van der Waals surface area contributed by atoms with Gasteiger partial charge in [0.2, 0.25) is 0 Å². The van der Waals surface area contributed by atoms with Gasteiger partial charge < -0.3 is 4.74 Å². The van der Waals surface area contributed by atoms with E-state index in [1.165, 1.54) is 28.5 Å². The predicted octanol–water partition coefficient (Wildman–Crippen LogP) is 4.36. The summed E-state index contributed by atoms with van der Waals surface area (Å²) in [5.74, 6) is -0.445. The van der Waals surface area contributed by atoms with E-state index in [-0.39, 0.29) is 0 Å². The number of thiazole rings is 1. The van der Waals surface area contributed by atoms with Crippen LogP contribution in [0.3, 0.4) is 0 Å². The number of rotatable bonds is 3. The summed E-state index contributed by atoms with van der Waals surface area (Å²) in [4.78, 5) is 21.8. The van der Waals surface area contributed by atoms with Gasteiger partial charge >= 0.3 is 6.09 Å². The molecular formula is C16H18FN3O2S. The Labute approximate surface area is 138 Å². The molecule has 1 amide bonds. The van der Waals surface area contributed by atoms with Crippen molar-refractivity contribution >= 4 is 28.5 Å². The number of nitrogens with zero attached hydrogens (tertiary/aromatic N) is 3. The Kier molecular flexibility index (Phi) is 4.79. The minimum atomic E-state index is -0.598. The summed E-state index contributed by atoms with van der Waals surface area (Å²) in [5.41, 5.74) is 0.476. The van der Waals surface area contributed by atoms with Crippen molar-refractivity contribution in [3.05, 3.63) is 36.6 Å². The first-order chi connectivity index (χ1) is 10.7. The van der Waals surface area contributed by atoms with Crippen LogP contribution >= 0.6 is 11.3 Å². The fraction of sp³-hybridized carbons (Fsp3) is 0.312. The highest BCUT2D eigenvalue weighted by atomic mass is 32.1. The molecule has 0 atom stereocenters. The summed E-state index contributed by atoms with van der Waals surface area (Å²) in [7, 11) is 1.60. The maximum absolute atomic E-state index is 13.3. The molecule has 0 unspecified atom stereocenters. The zero-order valence-corrected chi connectivity index (χ0v) is 14.3. The van der Waals surface area contributed by atoms with Crippen LogP contribution in [0.1, 0.15) is 26.5 Å². The van der Waals surface area contributed by atoms with E-state index >= 15 is 0 Å². The van der Waals surface area contributed by atoms with E-state index in [1.807, 2.05) is 0 Å². The number of amides is 1. The van der Waals surface area contributed by atoms with Crippen LogP contribution in [0.2, 0.25) is 0 Å². The Bertz CT molecular complexity index is 737. The van der Waals surface area contributed by atoms with Gasteiger partial charge in [0.25, 0.3) is 0 Å². The first kappa shape index (κ1) is 17.1. The SMILES string of the molecule is C=Cc1nc(-c2cncc(F)c2)sc1N(C)C(=O)OC(C)(C)C. The van der Waals surface area contributed by atoms with Crippen molar-refractivity contribution in [1.82, 2.24) is 9.97 Å². The Morgan fingerprint density at radius 2 is 2.13 bits per heavy atom. The molecule has 0 aromatic carbocycles. The van der Waals surface area contributed by atoms with Crippen molar-refractivity contribution in [3.8, 4) is 10.6 Å². The van der Waals surface area contributed by atoms with E-state index in [4.69, 9.17) is 4.74 Å². The standard InChI is InChI=1S/C16H18FN3O2S/c1-6-12-14(20(5)15(21)22-16(2,3)4)23-13(19-12)10-7-11(17)9-18-8-10/h6-9H,1H2,2-5H3.